The van der Waals surface area contributed by atoms with Crippen LogP contribution in [0.5, 0.6) is 0 Å². The lowest BCUT2D eigenvalue weighted by Crippen LogP contribution is -2.30. The molecule has 2 N–H and O–H groups in total. The summed E-state index contributed by atoms with van der Waals surface area (Å²) in [5.41, 5.74) is 4.30. The molecular formula is C22H28FN9. The number of likely N-dealkylation sites (tertiary alicyclic amines) is 1. The molecule has 1 aliphatic heterocycles. The van der Waals surface area contributed by atoms with Gasteiger partial charge in [0.1, 0.15) is 23.0 Å². The Morgan fingerprint density at radius 1 is 1.12 bits per heavy atom. The molecule has 5 rings (SSSR count). The Hall–Kier alpha value is -3.27. The van der Waals surface area contributed by atoms with Gasteiger partial charge in [0.15, 0.2) is 11.5 Å². The maximum Gasteiger partial charge on any atom is 0.243 e. The molecule has 0 aliphatic carbocycles. The number of anilines is 2. The molecule has 0 amide bonds. The van der Waals surface area contributed by atoms with E-state index in [1.165, 1.54) is 0 Å². The van der Waals surface area contributed by atoms with Crippen LogP contribution in [0.4, 0.5) is 16.2 Å². The molecule has 1 saturated heterocycles. The van der Waals surface area contributed by atoms with Gasteiger partial charge >= 0.3 is 0 Å². The summed E-state index contributed by atoms with van der Waals surface area (Å²) < 4.78 is 18.2. The number of hydrogen-bond acceptors (Lipinski definition) is 7. The third-order valence-corrected chi connectivity index (χ3v) is 6.00. The highest BCUT2D eigenvalue weighted by atomic mass is 19.1. The fourth-order valence-corrected chi connectivity index (χ4v) is 4.57. The highest BCUT2D eigenvalue weighted by molar-refractivity contribution is 5.89. The highest BCUT2D eigenvalue weighted by Crippen LogP contribution is 2.31. The molecule has 0 spiro atoms. The summed E-state index contributed by atoms with van der Waals surface area (Å²) in [6.07, 6.45) is 0.922. The van der Waals surface area contributed by atoms with E-state index in [-0.39, 0.29) is 12.1 Å². The fraction of sp³-hybridized carbons (Fsp3) is 0.455. The lowest BCUT2D eigenvalue weighted by Gasteiger charge is -2.16. The number of fused-ring (bicyclic) bond motifs is 2. The van der Waals surface area contributed by atoms with Crippen molar-refractivity contribution in [1.82, 2.24) is 34.0 Å². The lowest BCUT2D eigenvalue weighted by atomic mass is 10.2. The summed E-state index contributed by atoms with van der Waals surface area (Å²) in [7, 11) is 3.73. The van der Waals surface area contributed by atoms with Gasteiger partial charge in [-0.1, -0.05) is 0 Å². The Labute approximate surface area is 185 Å². The van der Waals surface area contributed by atoms with Crippen LogP contribution >= 0.6 is 0 Å². The number of nitrogens with zero attached hydrogens (tertiary/aromatic N) is 7. The number of hydrogen-bond donors (Lipinski definition) is 2. The summed E-state index contributed by atoms with van der Waals surface area (Å²) in [5.74, 6) is 1.99. The number of alkyl halides is 1. The summed E-state index contributed by atoms with van der Waals surface area (Å²) in [5, 5.41) is 10.9. The molecular weight excluding hydrogens is 409 g/mol. The zero-order valence-electron chi connectivity index (χ0n) is 19.0. The van der Waals surface area contributed by atoms with Crippen molar-refractivity contribution in [3.63, 3.8) is 0 Å². The van der Waals surface area contributed by atoms with Crippen molar-refractivity contribution in [1.29, 1.82) is 0 Å². The fourth-order valence-electron chi connectivity index (χ4n) is 4.57. The van der Waals surface area contributed by atoms with E-state index in [2.05, 4.69) is 44.1 Å². The lowest BCUT2D eigenvalue weighted by molar-refractivity contribution is 0.314. The molecule has 0 saturated carbocycles. The van der Waals surface area contributed by atoms with Gasteiger partial charge in [-0.15, -0.1) is 5.10 Å². The number of nitrogens with one attached hydrogen (secondary N) is 2. The Morgan fingerprint density at radius 3 is 2.62 bits per heavy atom. The van der Waals surface area contributed by atoms with Crippen LogP contribution in [-0.4, -0.2) is 73.4 Å². The van der Waals surface area contributed by atoms with Crippen LogP contribution in [0.2, 0.25) is 0 Å². The van der Waals surface area contributed by atoms with Crippen molar-refractivity contribution in [2.24, 2.45) is 0 Å². The monoisotopic (exact) mass is 437 g/mol. The smallest absolute Gasteiger partial charge is 0.243 e. The summed E-state index contributed by atoms with van der Waals surface area (Å²) >= 11 is 0. The summed E-state index contributed by atoms with van der Waals surface area (Å²) in [6.45, 7) is 7.28. The second-order valence-electron chi connectivity index (χ2n) is 8.71. The molecule has 9 nitrogen and oxygen atoms in total. The number of likely N-dealkylation sites (N-methyl/N-ethyl adjacent to an activating group) is 1. The summed E-state index contributed by atoms with van der Waals surface area (Å²) in [4.78, 5) is 16.2. The first-order valence-corrected chi connectivity index (χ1v) is 10.9. The van der Waals surface area contributed by atoms with E-state index >= 15 is 0 Å². The predicted octanol–water partition coefficient (Wildman–Crippen LogP) is 3.14. The average molecular weight is 438 g/mol. The van der Waals surface area contributed by atoms with Crippen molar-refractivity contribution >= 4 is 28.4 Å². The van der Waals surface area contributed by atoms with Crippen molar-refractivity contribution in [3.05, 3.63) is 30.2 Å². The van der Waals surface area contributed by atoms with Gasteiger partial charge in [-0.05, 0) is 46.0 Å². The molecule has 4 aromatic rings. The van der Waals surface area contributed by atoms with Crippen LogP contribution in [-0.2, 0) is 0 Å². The first-order valence-electron chi connectivity index (χ1n) is 10.9. The number of aromatic nitrogens is 6. The number of halogens is 1. The number of aryl methyl sites for hydroxylation is 1. The van der Waals surface area contributed by atoms with Crippen LogP contribution in [0.15, 0.2) is 24.4 Å². The van der Waals surface area contributed by atoms with Gasteiger partial charge in [0.2, 0.25) is 5.95 Å². The molecule has 168 valence electrons. The van der Waals surface area contributed by atoms with Crippen molar-refractivity contribution < 1.29 is 4.39 Å². The quantitative estimate of drug-likeness (QED) is 0.496. The predicted molar refractivity (Wildman–Crippen MR) is 124 cm³/mol. The van der Waals surface area contributed by atoms with Crippen molar-refractivity contribution in [3.8, 4) is 11.3 Å². The number of rotatable bonds is 5. The third kappa shape index (κ3) is 3.35. The molecule has 32 heavy (non-hydrogen) atoms. The number of pyridine rings is 1. The standard InChI is InChI=1S/C22H28FN9/c1-12(2)32-13(3)25-17-7-6-16(26-21(17)32)14-8-9-31-19(14)20(24-4)28-22(29-31)27-18-11-30(5)10-15(18)23/h6-9,12,15,18H,10-11H2,1-5H3,(H2,24,27,28,29)/t15-,18+/m0/s1. The number of imidazole rings is 1. The first-order chi connectivity index (χ1) is 15.4. The van der Waals surface area contributed by atoms with E-state index in [0.717, 1.165) is 33.8 Å². The summed E-state index contributed by atoms with van der Waals surface area (Å²) in [6, 6.07) is 5.88. The van der Waals surface area contributed by atoms with Crippen LogP contribution in [0.1, 0.15) is 25.7 Å². The van der Waals surface area contributed by atoms with Crippen LogP contribution in [0.25, 0.3) is 27.9 Å². The molecule has 5 heterocycles. The third-order valence-electron chi connectivity index (χ3n) is 6.00. The maximum atomic E-state index is 14.3. The zero-order chi connectivity index (χ0) is 22.6. The topological polar surface area (TPSA) is 88.2 Å². The normalized spacial score (nSPS) is 19.5. The largest absolute Gasteiger partial charge is 0.371 e. The van der Waals surface area contributed by atoms with Crippen LogP contribution in [0.3, 0.4) is 0 Å². The van der Waals surface area contributed by atoms with Gasteiger partial charge in [-0.25, -0.2) is 18.9 Å². The molecule has 0 radical (unpaired) electrons. The molecule has 0 bridgehead atoms. The minimum atomic E-state index is -0.956. The van der Waals surface area contributed by atoms with Gasteiger partial charge < -0.3 is 20.1 Å². The van der Waals surface area contributed by atoms with E-state index in [0.29, 0.717) is 24.9 Å². The molecule has 0 aromatic carbocycles. The Kier molecular flexibility index (Phi) is 4.96. The van der Waals surface area contributed by atoms with Gasteiger partial charge in [0.25, 0.3) is 0 Å². The Morgan fingerprint density at radius 2 is 1.94 bits per heavy atom. The molecule has 4 aromatic heterocycles. The highest BCUT2D eigenvalue weighted by Gasteiger charge is 2.31. The molecule has 2 atom stereocenters. The van der Waals surface area contributed by atoms with Crippen molar-refractivity contribution in [2.75, 3.05) is 37.8 Å². The van der Waals surface area contributed by atoms with Crippen molar-refractivity contribution in [2.45, 2.75) is 39.0 Å². The Balaban J connectivity index is 1.58. The van der Waals surface area contributed by atoms with Crippen LogP contribution in [0, 0.1) is 6.92 Å². The van der Waals surface area contributed by atoms with E-state index in [1.807, 2.05) is 50.3 Å². The minimum absolute atomic E-state index is 0.257. The second kappa shape index (κ2) is 7.70. The first kappa shape index (κ1) is 20.6. The van der Waals surface area contributed by atoms with Crippen LogP contribution < -0.4 is 10.6 Å². The SMILES string of the molecule is CNc1nc(N[C@@H]2CN(C)C[C@@H]2F)nn2ccc(-c3ccc4nc(C)n(C(C)C)c4n3)c12. The van der Waals surface area contributed by atoms with E-state index in [4.69, 9.17) is 4.98 Å². The molecule has 1 fully saturated rings. The molecule has 10 heteroatoms. The Bertz CT molecular complexity index is 1290. The van der Waals surface area contributed by atoms with Gasteiger partial charge in [-0.2, -0.15) is 4.98 Å². The maximum absolute atomic E-state index is 14.3. The van der Waals surface area contributed by atoms with Gasteiger partial charge in [0, 0.05) is 37.9 Å². The second-order valence-corrected chi connectivity index (χ2v) is 8.71. The van der Waals surface area contributed by atoms with E-state index in [9.17, 15) is 4.39 Å². The van der Waals surface area contributed by atoms with Gasteiger partial charge in [0.05, 0.1) is 11.7 Å². The van der Waals surface area contributed by atoms with E-state index in [1.54, 1.807) is 4.52 Å². The zero-order valence-corrected chi connectivity index (χ0v) is 19.0. The molecule has 0 unspecified atom stereocenters. The van der Waals surface area contributed by atoms with Gasteiger partial charge in [-0.3, -0.25) is 0 Å². The van der Waals surface area contributed by atoms with E-state index < -0.39 is 6.17 Å². The minimum Gasteiger partial charge on any atom is -0.371 e. The average Bonchev–Trinajstić information content (AvgIpc) is 3.40. The molecule has 1 aliphatic rings.